The van der Waals surface area contributed by atoms with Crippen LogP contribution in [-0.2, 0) is 42.7 Å². The molecule has 0 aliphatic heterocycles. The number of rotatable bonds is 25. The first kappa shape index (κ1) is 28.6. The van der Waals surface area contributed by atoms with Crippen molar-refractivity contribution in [3.8, 4) is 0 Å². The molecular formula is C18H35BrO10. The minimum absolute atomic E-state index is 0.251. The van der Waals surface area contributed by atoms with Gasteiger partial charge in [-0.05, 0) is 0 Å². The summed E-state index contributed by atoms with van der Waals surface area (Å²) in [6.07, 6.45) is 0. The van der Waals surface area contributed by atoms with Crippen LogP contribution in [0.3, 0.4) is 0 Å². The molecule has 0 spiro atoms. The SMILES string of the molecule is O=C(O)COCCOCCOCCOCCOCCOCCOCCOCCBr. The molecule has 29 heavy (non-hydrogen) atoms. The Balaban J connectivity index is 2.99. The van der Waals surface area contributed by atoms with Crippen LogP contribution in [0.4, 0.5) is 0 Å². The Hall–Kier alpha value is -0.370. The van der Waals surface area contributed by atoms with Crippen LogP contribution in [0.15, 0.2) is 0 Å². The number of aliphatic carboxylic acids is 1. The molecule has 11 heteroatoms. The van der Waals surface area contributed by atoms with Crippen molar-refractivity contribution in [3.63, 3.8) is 0 Å². The third-order valence-electron chi connectivity index (χ3n) is 3.05. The largest absolute Gasteiger partial charge is 0.480 e. The molecule has 0 aliphatic rings. The average molecular weight is 491 g/mol. The third kappa shape index (κ3) is 27.6. The maximum Gasteiger partial charge on any atom is 0.329 e. The summed E-state index contributed by atoms with van der Waals surface area (Å²) in [6.45, 7) is 7.10. The lowest BCUT2D eigenvalue weighted by Crippen LogP contribution is -2.15. The van der Waals surface area contributed by atoms with Crippen molar-refractivity contribution in [2.24, 2.45) is 0 Å². The van der Waals surface area contributed by atoms with Crippen LogP contribution in [0, 0.1) is 0 Å². The maximum absolute atomic E-state index is 10.2. The van der Waals surface area contributed by atoms with Crippen molar-refractivity contribution in [1.82, 2.24) is 0 Å². The minimum atomic E-state index is -0.990. The quantitative estimate of drug-likeness (QED) is 0.144. The first-order chi connectivity index (χ1) is 14.3. The Labute approximate surface area is 181 Å². The number of carboxylic acid groups (broad SMARTS) is 1. The molecule has 0 radical (unpaired) electrons. The van der Waals surface area contributed by atoms with Crippen LogP contribution < -0.4 is 0 Å². The fraction of sp³-hybridized carbons (Fsp3) is 0.944. The van der Waals surface area contributed by atoms with E-state index < -0.39 is 5.97 Å². The molecule has 0 heterocycles. The van der Waals surface area contributed by atoms with Gasteiger partial charge in [0.25, 0.3) is 0 Å². The summed E-state index contributed by atoms with van der Waals surface area (Å²) >= 11 is 3.28. The maximum atomic E-state index is 10.2. The molecule has 0 atom stereocenters. The number of carboxylic acids is 1. The molecule has 0 fully saturated rings. The van der Waals surface area contributed by atoms with E-state index in [0.717, 1.165) is 5.33 Å². The molecule has 0 unspecified atom stereocenters. The van der Waals surface area contributed by atoms with Gasteiger partial charge in [0.05, 0.1) is 99.1 Å². The molecule has 0 rings (SSSR count). The van der Waals surface area contributed by atoms with Gasteiger partial charge in [-0.15, -0.1) is 0 Å². The van der Waals surface area contributed by atoms with E-state index in [1.165, 1.54) is 0 Å². The van der Waals surface area contributed by atoms with Crippen molar-refractivity contribution >= 4 is 21.9 Å². The Morgan fingerprint density at radius 2 is 0.724 bits per heavy atom. The molecule has 0 aromatic carbocycles. The molecule has 0 saturated heterocycles. The standard InChI is InChI=1S/C18H35BrO10/c19-1-2-22-3-4-23-5-6-24-7-8-25-9-10-26-11-12-27-13-14-28-15-16-29-17-18(20)21/h1-17H2,(H,20,21). The van der Waals surface area contributed by atoms with E-state index in [1.807, 2.05) is 0 Å². The van der Waals surface area contributed by atoms with Crippen molar-refractivity contribution in [1.29, 1.82) is 0 Å². The molecule has 0 aromatic heterocycles. The summed E-state index contributed by atoms with van der Waals surface area (Å²) < 4.78 is 42.1. The Morgan fingerprint density at radius 1 is 0.483 bits per heavy atom. The summed E-state index contributed by atoms with van der Waals surface area (Å²) in [6, 6.07) is 0. The molecule has 1 N–H and O–H groups in total. The van der Waals surface area contributed by atoms with E-state index in [4.69, 9.17) is 43.0 Å². The fourth-order valence-electron chi connectivity index (χ4n) is 1.75. The fourth-order valence-corrected chi connectivity index (χ4v) is 1.98. The lowest BCUT2D eigenvalue weighted by Gasteiger charge is -2.08. The highest BCUT2D eigenvalue weighted by Gasteiger charge is 1.96. The van der Waals surface area contributed by atoms with Crippen LogP contribution in [0.25, 0.3) is 0 Å². The molecule has 174 valence electrons. The first-order valence-electron chi connectivity index (χ1n) is 9.67. The number of ether oxygens (including phenoxy) is 8. The second kappa shape index (κ2) is 25.7. The van der Waals surface area contributed by atoms with E-state index in [-0.39, 0.29) is 13.2 Å². The second-order valence-electron chi connectivity index (χ2n) is 5.42. The highest BCUT2D eigenvalue weighted by Crippen LogP contribution is 1.86. The molecule has 0 aliphatic carbocycles. The Bertz CT molecular complexity index is 336. The van der Waals surface area contributed by atoms with Crippen LogP contribution in [-0.4, -0.2) is 122 Å². The highest BCUT2D eigenvalue weighted by molar-refractivity contribution is 9.09. The van der Waals surface area contributed by atoms with Crippen LogP contribution in [0.1, 0.15) is 0 Å². The van der Waals surface area contributed by atoms with Gasteiger partial charge in [0, 0.05) is 5.33 Å². The van der Waals surface area contributed by atoms with Crippen molar-refractivity contribution in [2.75, 3.05) is 111 Å². The summed E-state index contributed by atoms with van der Waals surface area (Å²) in [5.41, 5.74) is 0. The molecule has 10 nitrogen and oxygen atoms in total. The third-order valence-corrected chi connectivity index (χ3v) is 3.37. The second-order valence-corrected chi connectivity index (χ2v) is 6.21. The number of halogens is 1. The molecule has 0 amide bonds. The van der Waals surface area contributed by atoms with Gasteiger partial charge in [0.2, 0.25) is 0 Å². The number of carbonyl (C=O) groups is 1. The van der Waals surface area contributed by atoms with Crippen molar-refractivity contribution in [3.05, 3.63) is 0 Å². The number of hydrogen-bond donors (Lipinski definition) is 1. The van der Waals surface area contributed by atoms with Gasteiger partial charge >= 0.3 is 5.97 Å². The first-order valence-corrected chi connectivity index (χ1v) is 10.8. The minimum Gasteiger partial charge on any atom is -0.480 e. The zero-order chi connectivity index (χ0) is 21.3. The zero-order valence-electron chi connectivity index (χ0n) is 17.0. The van der Waals surface area contributed by atoms with Gasteiger partial charge in [-0.2, -0.15) is 0 Å². The van der Waals surface area contributed by atoms with Crippen molar-refractivity contribution in [2.45, 2.75) is 0 Å². The predicted octanol–water partition coefficient (Wildman–Crippen LogP) is 0.599. The summed E-state index contributed by atoms with van der Waals surface area (Å²) in [5, 5.41) is 9.21. The van der Waals surface area contributed by atoms with E-state index in [2.05, 4.69) is 15.9 Å². The van der Waals surface area contributed by atoms with E-state index in [1.54, 1.807) is 0 Å². The van der Waals surface area contributed by atoms with Crippen LogP contribution in [0.2, 0.25) is 0 Å². The van der Waals surface area contributed by atoms with Crippen LogP contribution in [0.5, 0.6) is 0 Å². The highest BCUT2D eigenvalue weighted by atomic mass is 79.9. The topological polar surface area (TPSA) is 111 Å². The van der Waals surface area contributed by atoms with E-state index in [9.17, 15) is 4.79 Å². The smallest absolute Gasteiger partial charge is 0.329 e. The van der Waals surface area contributed by atoms with Crippen LogP contribution >= 0.6 is 15.9 Å². The van der Waals surface area contributed by atoms with Gasteiger partial charge in [0.1, 0.15) is 6.61 Å². The Kier molecular flexibility index (Phi) is 25.3. The van der Waals surface area contributed by atoms with E-state index in [0.29, 0.717) is 92.5 Å². The van der Waals surface area contributed by atoms with Gasteiger partial charge in [-0.1, -0.05) is 15.9 Å². The van der Waals surface area contributed by atoms with E-state index >= 15 is 0 Å². The van der Waals surface area contributed by atoms with Gasteiger partial charge in [-0.25, -0.2) is 4.79 Å². The lowest BCUT2D eigenvalue weighted by molar-refractivity contribution is -0.142. The van der Waals surface area contributed by atoms with Gasteiger partial charge in [0.15, 0.2) is 0 Å². The van der Waals surface area contributed by atoms with Crippen molar-refractivity contribution < 1.29 is 47.8 Å². The summed E-state index contributed by atoms with van der Waals surface area (Å²) in [4.78, 5) is 10.2. The average Bonchev–Trinajstić information content (AvgIpc) is 2.71. The van der Waals surface area contributed by atoms with Gasteiger partial charge < -0.3 is 43.0 Å². The molecular weight excluding hydrogens is 456 g/mol. The predicted molar refractivity (Wildman–Crippen MR) is 108 cm³/mol. The Morgan fingerprint density at radius 3 is 0.966 bits per heavy atom. The molecule has 0 bridgehead atoms. The number of hydrogen-bond acceptors (Lipinski definition) is 9. The van der Waals surface area contributed by atoms with Gasteiger partial charge in [-0.3, -0.25) is 0 Å². The number of alkyl halides is 1. The molecule has 0 aromatic rings. The molecule has 0 saturated carbocycles. The normalized spacial score (nSPS) is 11.2. The lowest BCUT2D eigenvalue weighted by atomic mass is 10.6. The summed E-state index contributed by atoms with van der Waals surface area (Å²) in [5.74, 6) is -0.990. The zero-order valence-corrected chi connectivity index (χ0v) is 18.6. The summed E-state index contributed by atoms with van der Waals surface area (Å²) in [7, 11) is 0. The monoisotopic (exact) mass is 490 g/mol.